The summed E-state index contributed by atoms with van der Waals surface area (Å²) in [7, 11) is 1.13. The SMILES string of the molecule is COC(=O)/C=C(\N)C(=O)O. The fraction of sp³-hybridized carbons (Fsp3) is 0.200. The first-order chi connectivity index (χ1) is 4.57. The van der Waals surface area contributed by atoms with Crippen molar-refractivity contribution >= 4 is 11.9 Å². The molecule has 0 aliphatic rings. The Bertz CT molecular complexity index is 184. The maximum absolute atomic E-state index is 10.3. The Morgan fingerprint density at radius 2 is 2.10 bits per heavy atom. The van der Waals surface area contributed by atoms with Gasteiger partial charge in [-0.2, -0.15) is 0 Å². The van der Waals surface area contributed by atoms with Crippen LogP contribution in [0, 0.1) is 0 Å². The largest absolute Gasteiger partial charge is 0.477 e. The molecule has 0 saturated heterocycles. The zero-order chi connectivity index (χ0) is 8.15. The van der Waals surface area contributed by atoms with Crippen molar-refractivity contribution in [2.75, 3.05) is 7.11 Å². The summed E-state index contributed by atoms with van der Waals surface area (Å²) in [6.45, 7) is 0. The van der Waals surface area contributed by atoms with E-state index in [0.717, 1.165) is 7.11 Å². The van der Waals surface area contributed by atoms with Gasteiger partial charge in [0.05, 0.1) is 13.2 Å². The molecular weight excluding hydrogens is 138 g/mol. The number of rotatable bonds is 2. The second-order valence-corrected chi connectivity index (χ2v) is 1.43. The topological polar surface area (TPSA) is 89.6 Å². The number of aliphatic carboxylic acids is 1. The summed E-state index contributed by atoms with van der Waals surface area (Å²) in [6.07, 6.45) is 0.697. The minimum Gasteiger partial charge on any atom is -0.477 e. The number of nitrogens with two attached hydrogens (primary N) is 1. The third-order valence-electron chi connectivity index (χ3n) is 0.721. The molecule has 56 valence electrons. The molecule has 0 radical (unpaired) electrons. The average Bonchev–Trinajstić information content (AvgIpc) is 1.87. The molecule has 5 heteroatoms. The van der Waals surface area contributed by atoms with Crippen LogP contribution in [-0.2, 0) is 14.3 Å². The van der Waals surface area contributed by atoms with Crippen LogP contribution in [0.3, 0.4) is 0 Å². The van der Waals surface area contributed by atoms with E-state index in [9.17, 15) is 9.59 Å². The number of methoxy groups -OCH3 is 1. The number of carboxylic acid groups (broad SMARTS) is 1. The second-order valence-electron chi connectivity index (χ2n) is 1.43. The Morgan fingerprint density at radius 3 is 2.40 bits per heavy atom. The fourth-order valence-corrected chi connectivity index (χ4v) is 0.248. The lowest BCUT2D eigenvalue weighted by Crippen LogP contribution is -2.12. The minimum absolute atomic E-state index is 0.535. The van der Waals surface area contributed by atoms with E-state index in [0.29, 0.717) is 6.08 Å². The van der Waals surface area contributed by atoms with Crippen LogP contribution in [0.4, 0.5) is 0 Å². The normalized spacial score (nSPS) is 10.7. The quantitative estimate of drug-likeness (QED) is 0.387. The van der Waals surface area contributed by atoms with Crippen LogP contribution in [0.2, 0.25) is 0 Å². The van der Waals surface area contributed by atoms with Gasteiger partial charge in [0.15, 0.2) is 0 Å². The van der Waals surface area contributed by atoms with Crippen molar-refractivity contribution in [1.29, 1.82) is 0 Å². The second kappa shape index (κ2) is 3.49. The van der Waals surface area contributed by atoms with Crippen molar-refractivity contribution in [3.63, 3.8) is 0 Å². The summed E-state index contributed by atoms with van der Waals surface area (Å²) >= 11 is 0. The third kappa shape index (κ3) is 2.71. The van der Waals surface area contributed by atoms with Gasteiger partial charge in [-0.25, -0.2) is 9.59 Å². The van der Waals surface area contributed by atoms with Gasteiger partial charge in [-0.3, -0.25) is 0 Å². The van der Waals surface area contributed by atoms with Gasteiger partial charge in [0, 0.05) is 0 Å². The number of esters is 1. The molecule has 0 aromatic carbocycles. The molecule has 0 aromatic heterocycles. The summed E-state index contributed by atoms with van der Waals surface area (Å²) in [4.78, 5) is 20.2. The molecule has 0 bridgehead atoms. The van der Waals surface area contributed by atoms with Crippen LogP contribution in [0.15, 0.2) is 11.8 Å². The van der Waals surface area contributed by atoms with E-state index in [1.165, 1.54) is 0 Å². The lowest BCUT2D eigenvalue weighted by Gasteiger charge is -1.91. The molecule has 10 heavy (non-hydrogen) atoms. The Kier molecular flexibility index (Phi) is 2.96. The highest BCUT2D eigenvalue weighted by molar-refractivity contribution is 5.94. The van der Waals surface area contributed by atoms with Crippen LogP contribution >= 0.6 is 0 Å². The van der Waals surface area contributed by atoms with Crippen LogP contribution in [0.1, 0.15) is 0 Å². The Hall–Kier alpha value is -1.52. The van der Waals surface area contributed by atoms with Gasteiger partial charge in [0.2, 0.25) is 0 Å². The predicted molar refractivity (Wildman–Crippen MR) is 31.9 cm³/mol. The smallest absolute Gasteiger partial charge is 0.352 e. The van der Waals surface area contributed by atoms with E-state index in [2.05, 4.69) is 4.74 Å². The maximum atomic E-state index is 10.3. The first kappa shape index (κ1) is 8.48. The van der Waals surface area contributed by atoms with Crippen LogP contribution in [-0.4, -0.2) is 24.2 Å². The number of ether oxygens (including phenoxy) is 1. The number of carbonyl (C=O) groups excluding carboxylic acids is 1. The number of carboxylic acids is 1. The highest BCUT2D eigenvalue weighted by Gasteiger charge is 2.03. The van der Waals surface area contributed by atoms with Crippen LogP contribution in [0.5, 0.6) is 0 Å². The van der Waals surface area contributed by atoms with Crippen LogP contribution < -0.4 is 5.73 Å². The number of hydrogen-bond donors (Lipinski definition) is 2. The third-order valence-corrected chi connectivity index (χ3v) is 0.721. The molecule has 0 rings (SSSR count). The molecule has 0 heterocycles. The molecule has 3 N–H and O–H groups in total. The van der Waals surface area contributed by atoms with E-state index >= 15 is 0 Å². The van der Waals surface area contributed by atoms with Crippen molar-refractivity contribution in [2.45, 2.75) is 0 Å². The first-order valence-corrected chi connectivity index (χ1v) is 2.36. The fourth-order valence-electron chi connectivity index (χ4n) is 0.248. The van der Waals surface area contributed by atoms with E-state index in [4.69, 9.17) is 10.8 Å². The summed E-state index contributed by atoms with van der Waals surface area (Å²) in [5.41, 5.74) is 4.32. The van der Waals surface area contributed by atoms with Gasteiger partial charge < -0.3 is 15.6 Å². The molecule has 0 fully saturated rings. The van der Waals surface area contributed by atoms with Crippen molar-refractivity contribution in [3.8, 4) is 0 Å². The van der Waals surface area contributed by atoms with Crippen molar-refractivity contribution < 1.29 is 19.4 Å². The molecule has 0 atom stereocenters. The van der Waals surface area contributed by atoms with Gasteiger partial charge in [-0.1, -0.05) is 0 Å². The highest BCUT2D eigenvalue weighted by Crippen LogP contribution is 1.84. The molecule has 0 saturated carbocycles. The molecule has 0 aromatic rings. The summed E-state index contributed by atoms with van der Waals surface area (Å²) in [5, 5.41) is 8.13. The van der Waals surface area contributed by atoms with Crippen molar-refractivity contribution in [1.82, 2.24) is 0 Å². The Labute approximate surface area is 57.1 Å². The van der Waals surface area contributed by atoms with Gasteiger partial charge >= 0.3 is 11.9 Å². The lowest BCUT2D eigenvalue weighted by atomic mass is 10.4. The Morgan fingerprint density at radius 1 is 1.60 bits per heavy atom. The molecule has 0 unspecified atom stereocenters. The maximum Gasteiger partial charge on any atom is 0.352 e. The van der Waals surface area contributed by atoms with Crippen LogP contribution in [0.25, 0.3) is 0 Å². The number of hydrogen-bond acceptors (Lipinski definition) is 4. The summed E-state index contributed by atoms with van der Waals surface area (Å²) in [5.74, 6) is -2.12. The zero-order valence-corrected chi connectivity index (χ0v) is 5.33. The van der Waals surface area contributed by atoms with Gasteiger partial charge in [0.25, 0.3) is 0 Å². The van der Waals surface area contributed by atoms with Gasteiger partial charge in [-0.15, -0.1) is 0 Å². The monoisotopic (exact) mass is 145 g/mol. The highest BCUT2D eigenvalue weighted by atomic mass is 16.5. The summed E-state index contributed by atoms with van der Waals surface area (Å²) < 4.78 is 4.11. The molecule has 0 spiro atoms. The Balaban J connectivity index is 4.16. The lowest BCUT2D eigenvalue weighted by molar-refractivity contribution is -0.136. The average molecular weight is 145 g/mol. The summed E-state index contributed by atoms with van der Waals surface area (Å²) in [6, 6.07) is 0. The van der Waals surface area contributed by atoms with Crippen molar-refractivity contribution in [2.24, 2.45) is 5.73 Å². The van der Waals surface area contributed by atoms with E-state index in [1.807, 2.05) is 0 Å². The van der Waals surface area contributed by atoms with E-state index in [1.54, 1.807) is 0 Å². The van der Waals surface area contributed by atoms with Gasteiger partial charge in [-0.05, 0) is 0 Å². The van der Waals surface area contributed by atoms with E-state index in [-0.39, 0.29) is 0 Å². The standard InChI is InChI=1S/C5H7NO4/c1-10-4(7)2-3(6)5(8)9/h2H,6H2,1H3,(H,8,9)/b3-2-. The zero-order valence-electron chi connectivity index (χ0n) is 5.33. The van der Waals surface area contributed by atoms with E-state index < -0.39 is 17.6 Å². The first-order valence-electron chi connectivity index (χ1n) is 2.36. The van der Waals surface area contributed by atoms with Crippen molar-refractivity contribution in [3.05, 3.63) is 11.8 Å². The minimum atomic E-state index is -1.34. The molecule has 0 aliphatic heterocycles. The molecule has 0 amide bonds. The predicted octanol–water partition coefficient (Wildman–Crippen LogP) is -0.913. The number of carbonyl (C=O) groups is 2. The molecule has 5 nitrogen and oxygen atoms in total. The molecule has 0 aliphatic carbocycles. The molecular formula is C5H7NO4. The van der Waals surface area contributed by atoms with Gasteiger partial charge in [0.1, 0.15) is 5.70 Å².